The molecule has 0 aliphatic heterocycles. The Morgan fingerprint density at radius 2 is 1.50 bits per heavy atom. The van der Waals surface area contributed by atoms with Crippen LogP contribution >= 0.6 is 0 Å². The van der Waals surface area contributed by atoms with Crippen molar-refractivity contribution in [3.63, 3.8) is 0 Å². The quantitative estimate of drug-likeness (QED) is 0.522. The van der Waals surface area contributed by atoms with Crippen molar-refractivity contribution in [2.24, 2.45) is 0 Å². The lowest BCUT2D eigenvalue weighted by Gasteiger charge is -2.07. The van der Waals surface area contributed by atoms with Crippen LogP contribution in [0.1, 0.15) is 70.3 Å². The maximum absolute atomic E-state index is 11.5. The molecule has 0 aliphatic carbocycles. The van der Waals surface area contributed by atoms with Crippen molar-refractivity contribution in [3.05, 3.63) is 35.9 Å². The number of rotatable bonds is 12. The van der Waals surface area contributed by atoms with Crippen LogP contribution in [0.2, 0.25) is 0 Å². The van der Waals surface area contributed by atoms with Crippen LogP contribution in [0.4, 0.5) is 4.79 Å². The Morgan fingerprint density at radius 3 is 2.14 bits per heavy atom. The number of ether oxygens (including phenoxy) is 1. The van der Waals surface area contributed by atoms with E-state index in [1.54, 1.807) is 0 Å². The topological polar surface area (TPSA) is 38.3 Å². The van der Waals surface area contributed by atoms with Gasteiger partial charge in [0, 0.05) is 6.54 Å². The summed E-state index contributed by atoms with van der Waals surface area (Å²) in [4.78, 5) is 11.5. The van der Waals surface area contributed by atoms with Crippen LogP contribution in [0.5, 0.6) is 0 Å². The second-order valence-corrected chi connectivity index (χ2v) is 5.82. The molecule has 1 N–H and O–H groups in total. The Balaban J connectivity index is 1.87. The standard InChI is InChI=1S/C19H31NO2/c1-2-3-4-5-6-7-8-9-13-16-20-19(21)22-17-18-14-11-10-12-15-18/h10-12,14-15H,2-9,13,16-17H2,1H3,(H,20,21). The molecule has 0 atom stereocenters. The maximum atomic E-state index is 11.5. The van der Waals surface area contributed by atoms with Gasteiger partial charge in [-0.25, -0.2) is 4.79 Å². The predicted molar refractivity (Wildman–Crippen MR) is 91.9 cm³/mol. The molecule has 0 radical (unpaired) electrons. The third kappa shape index (κ3) is 10.3. The smallest absolute Gasteiger partial charge is 0.407 e. The van der Waals surface area contributed by atoms with Crippen molar-refractivity contribution in [2.75, 3.05) is 6.54 Å². The van der Waals surface area contributed by atoms with Crippen LogP contribution in [0.3, 0.4) is 0 Å². The number of alkyl carbamates (subject to hydrolysis) is 1. The fraction of sp³-hybridized carbons (Fsp3) is 0.632. The molecule has 0 saturated carbocycles. The summed E-state index contributed by atoms with van der Waals surface area (Å²) in [5.41, 5.74) is 1.01. The monoisotopic (exact) mass is 305 g/mol. The largest absolute Gasteiger partial charge is 0.445 e. The SMILES string of the molecule is CCCCCCCCCCCNC(=O)OCc1ccccc1. The van der Waals surface area contributed by atoms with E-state index in [1.165, 1.54) is 51.4 Å². The second kappa shape index (κ2) is 13.2. The molecule has 0 fully saturated rings. The number of carbonyl (C=O) groups is 1. The summed E-state index contributed by atoms with van der Waals surface area (Å²) in [6.07, 6.45) is 11.3. The molecule has 3 nitrogen and oxygen atoms in total. The number of nitrogens with one attached hydrogen (secondary N) is 1. The summed E-state index contributed by atoms with van der Waals surface area (Å²) >= 11 is 0. The van der Waals surface area contributed by atoms with Crippen LogP contribution < -0.4 is 5.32 Å². The van der Waals surface area contributed by atoms with Gasteiger partial charge in [0.15, 0.2) is 0 Å². The zero-order valence-electron chi connectivity index (χ0n) is 14.0. The van der Waals surface area contributed by atoms with Crippen molar-refractivity contribution in [1.82, 2.24) is 5.32 Å². The summed E-state index contributed by atoms with van der Waals surface area (Å²) in [7, 11) is 0. The van der Waals surface area contributed by atoms with Crippen LogP contribution in [-0.4, -0.2) is 12.6 Å². The highest BCUT2D eigenvalue weighted by Gasteiger charge is 2.01. The van der Waals surface area contributed by atoms with E-state index in [2.05, 4.69) is 12.2 Å². The molecule has 124 valence electrons. The molecule has 3 heteroatoms. The van der Waals surface area contributed by atoms with Gasteiger partial charge in [-0.2, -0.15) is 0 Å². The van der Waals surface area contributed by atoms with Gasteiger partial charge in [-0.1, -0.05) is 88.6 Å². The Bertz CT molecular complexity index is 378. The average molecular weight is 305 g/mol. The zero-order valence-corrected chi connectivity index (χ0v) is 14.0. The number of hydrogen-bond acceptors (Lipinski definition) is 2. The highest BCUT2D eigenvalue weighted by molar-refractivity contribution is 5.67. The van der Waals surface area contributed by atoms with Gasteiger partial charge in [-0.3, -0.25) is 0 Å². The van der Waals surface area contributed by atoms with Gasteiger partial charge in [0.2, 0.25) is 0 Å². The number of hydrogen-bond donors (Lipinski definition) is 1. The third-order valence-electron chi connectivity index (χ3n) is 3.76. The second-order valence-electron chi connectivity index (χ2n) is 5.82. The van der Waals surface area contributed by atoms with Crippen molar-refractivity contribution >= 4 is 6.09 Å². The number of amides is 1. The van der Waals surface area contributed by atoms with E-state index in [-0.39, 0.29) is 6.09 Å². The summed E-state index contributed by atoms with van der Waals surface area (Å²) in [6.45, 7) is 3.30. The number of benzene rings is 1. The first-order chi connectivity index (χ1) is 10.8. The van der Waals surface area contributed by atoms with Crippen LogP contribution in [-0.2, 0) is 11.3 Å². The van der Waals surface area contributed by atoms with E-state index in [0.717, 1.165) is 12.0 Å². The van der Waals surface area contributed by atoms with Crippen molar-refractivity contribution in [2.45, 2.75) is 71.3 Å². The minimum atomic E-state index is -0.316. The van der Waals surface area contributed by atoms with E-state index < -0.39 is 0 Å². The molecule has 1 amide bonds. The Hall–Kier alpha value is -1.51. The predicted octanol–water partition coefficient (Wildman–Crippen LogP) is 5.44. The molecule has 0 spiro atoms. The molecule has 22 heavy (non-hydrogen) atoms. The highest BCUT2D eigenvalue weighted by Crippen LogP contribution is 2.09. The summed E-state index contributed by atoms with van der Waals surface area (Å²) in [5, 5.41) is 2.81. The maximum Gasteiger partial charge on any atom is 0.407 e. The first-order valence-corrected chi connectivity index (χ1v) is 8.77. The summed E-state index contributed by atoms with van der Waals surface area (Å²) in [6, 6.07) is 9.74. The van der Waals surface area contributed by atoms with Gasteiger partial charge < -0.3 is 10.1 Å². The molecule has 0 aliphatic rings. The molecular weight excluding hydrogens is 274 g/mol. The average Bonchev–Trinajstić information content (AvgIpc) is 2.55. The first-order valence-electron chi connectivity index (χ1n) is 8.77. The fourth-order valence-corrected chi connectivity index (χ4v) is 2.40. The van der Waals surface area contributed by atoms with E-state index in [0.29, 0.717) is 13.2 Å². The van der Waals surface area contributed by atoms with Gasteiger partial charge in [0.05, 0.1) is 0 Å². The minimum absolute atomic E-state index is 0.316. The van der Waals surface area contributed by atoms with Crippen LogP contribution in [0.25, 0.3) is 0 Å². The van der Waals surface area contributed by atoms with Gasteiger partial charge in [-0.15, -0.1) is 0 Å². The summed E-state index contributed by atoms with van der Waals surface area (Å²) in [5.74, 6) is 0. The van der Waals surface area contributed by atoms with Crippen molar-refractivity contribution in [1.29, 1.82) is 0 Å². The van der Waals surface area contributed by atoms with Crippen molar-refractivity contribution < 1.29 is 9.53 Å². The van der Waals surface area contributed by atoms with Crippen LogP contribution in [0.15, 0.2) is 30.3 Å². The molecule has 0 bridgehead atoms. The molecule has 1 aromatic rings. The molecule has 1 rings (SSSR count). The van der Waals surface area contributed by atoms with E-state index in [4.69, 9.17) is 4.74 Å². The number of unbranched alkanes of at least 4 members (excludes halogenated alkanes) is 8. The van der Waals surface area contributed by atoms with Gasteiger partial charge >= 0.3 is 6.09 Å². The van der Waals surface area contributed by atoms with E-state index >= 15 is 0 Å². The van der Waals surface area contributed by atoms with Crippen LogP contribution in [0, 0.1) is 0 Å². The minimum Gasteiger partial charge on any atom is -0.445 e. The molecular formula is C19H31NO2. The van der Waals surface area contributed by atoms with Crippen molar-refractivity contribution in [3.8, 4) is 0 Å². The molecule has 0 aromatic heterocycles. The first kappa shape index (κ1) is 18.5. The van der Waals surface area contributed by atoms with Gasteiger partial charge in [0.25, 0.3) is 0 Å². The summed E-state index contributed by atoms with van der Waals surface area (Å²) < 4.78 is 5.16. The fourth-order valence-electron chi connectivity index (χ4n) is 2.40. The zero-order chi connectivity index (χ0) is 15.9. The molecule has 0 heterocycles. The lowest BCUT2D eigenvalue weighted by Crippen LogP contribution is -2.25. The van der Waals surface area contributed by atoms with Gasteiger partial charge in [0.1, 0.15) is 6.61 Å². The highest BCUT2D eigenvalue weighted by atomic mass is 16.5. The van der Waals surface area contributed by atoms with Gasteiger partial charge in [-0.05, 0) is 12.0 Å². The Labute approximate surface area is 135 Å². The third-order valence-corrected chi connectivity index (χ3v) is 3.76. The molecule has 0 unspecified atom stereocenters. The Kier molecular flexibility index (Phi) is 11.1. The van der Waals surface area contributed by atoms with E-state index in [1.807, 2.05) is 30.3 Å². The lowest BCUT2D eigenvalue weighted by molar-refractivity contribution is 0.139. The normalized spacial score (nSPS) is 10.4. The molecule has 0 saturated heterocycles. The Morgan fingerprint density at radius 1 is 0.909 bits per heavy atom. The van der Waals surface area contributed by atoms with E-state index in [9.17, 15) is 4.79 Å². The molecule has 1 aromatic carbocycles. The lowest BCUT2D eigenvalue weighted by atomic mass is 10.1. The number of carbonyl (C=O) groups excluding carboxylic acids is 1.